The Morgan fingerprint density at radius 1 is 1.11 bits per heavy atom. The Balaban J connectivity index is 2.12. The lowest BCUT2D eigenvalue weighted by molar-refractivity contribution is 0.155. The molecule has 0 saturated heterocycles. The summed E-state index contributed by atoms with van der Waals surface area (Å²) in [6, 6.07) is 11.3. The molecule has 0 unspecified atom stereocenters. The molecular formula is C20H15FN4O2. The summed E-state index contributed by atoms with van der Waals surface area (Å²) in [7, 11) is 0. The average Bonchev–Trinajstić information content (AvgIpc) is 3.05. The van der Waals surface area contributed by atoms with E-state index in [1.165, 1.54) is 23.0 Å². The summed E-state index contributed by atoms with van der Waals surface area (Å²) >= 11 is 0. The van der Waals surface area contributed by atoms with Crippen molar-refractivity contribution in [2.75, 3.05) is 6.61 Å². The maximum absolute atomic E-state index is 13.5. The molecule has 0 spiro atoms. The van der Waals surface area contributed by atoms with Crippen LogP contribution in [0.3, 0.4) is 0 Å². The first-order chi connectivity index (χ1) is 13.2. The van der Waals surface area contributed by atoms with Gasteiger partial charge in [-0.3, -0.25) is 4.98 Å². The van der Waals surface area contributed by atoms with Crippen molar-refractivity contribution in [1.82, 2.24) is 19.5 Å². The number of aromatic nitrogens is 4. The summed E-state index contributed by atoms with van der Waals surface area (Å²) in [6.07, 6.45) is 4.12. The molecule has 3 aromatic heterocycles. The number of halogens is 1. The quantitative estimate of drug-likeness (QED) is 0.543. The van der Waals surface area contributed by atoms with Crippen molar-refractivity contribution >= 4 is 17.1 Å². The van der Waals surface area contributed by atoms with Gasteiger partial charge in [0.2, 0.25) is 0 Å². The van der Waals surface area contributed by atoms with Crippen LogP contribution in [0.25, 0.3) is 33.5 Å². The second kappa shape index (κ2) is 6.95. The number of benzene rings is 1. The van der Waals surface area contributed by atoms with Gasteiger partial charge in [-0.05, 0) is 42.8 Å². The number of carbonyl (C=O) groups excluding carboxylic acids is 1. The highest BCUT2D eigenvalue weighted by molar-refractivity contribution is 6.06. The standard InChI is InChI=1S/C20H15FN4O2/c1-2-27-20(26)25-16-4-3-10-23-18(16)17(13-5-7-14(21)8-6-13)19(25)15-9-11-22-12-24-15/h3-12H,2H2,1H3. The van der Waals surface area contributed by atoms with Crippen molar-refractivity contribution in [3.05, 3.63) is 67.0 Å². The van der Waals surface area contributed by atoms with Gasteiger partial charge in [0.15, 0.2) is 0 Å². The number of hydrogen-bond donors (Lipinski definition) is 0. The normalized spacial score (nSPS) is 10.9. The maximum atomic E-state index is 13.5. The topological polar surface area (TPSA) is 69.9 Å². The van der Waals surface area contributed by atoms with E-state index >= 15 is 0 Å². The van der Waals surface area contributed by atoms with E-state index in [-0.39, 0.29) is 12.4 Å². The van der Waals surface area contributed by atoms with Gasteiger partial charge in [0.25, 0.3) is 0 Å². The van der Waals surface area contributed by atoms with Crippen LogP contribution in [0.2, 0.25) is 0 Å². The van der Waals surface area contributed by atoms with Gasteiger partial charge in [-0.2, -0.15) is 0 Å². The van der Waals surface area contributed by atoms with Crippen LogP contribution in [0.4, 0.5) is 9.18 Å². The highest BCUT2D eigenvalue weighted by Gasteiger charge is 2.26. The first kappa shape index (κ1) is 16.8. The van der Waals surface area contributed by atoms with Crippen molar-refractivity contribution in [2.24, 2.45) is 0 Å². The summed E-state index contributed by atoms with van der Waals surface area (Å²) in [6.45, 7) is 1.97. The zero-order chi connectivity index (χ0) is 18.8. The van der Waals surface area contributed by atoms with E-state index < -0.39 is 6.09 Å². The van der Waals surface area contributed by atoms with Crippen molar-refractivity contribution < 1.29 is 13.9 Å². The smallest absolute Gasteiger partial charge is 0.419 e. The van der Waals surface area contributed by atoms with E-state index in [0.29, 0.717) is 28.0 Å². The number of hydrogen-bond acceptors (Lipinski definition) is 5. The molecule has 0 amide bonds. The Kier molecular flexibility index (Phi) is 4.33. The molecule has 0 aliphatic carbocycles. The summed E-state index contributed by atoms with van der Waals surface area (Å²) < 4.78 is 20.2. The molecule has 4 aromatic rings. The third-order valence-corrected chi connectivity index (χ3v) is 4.13. The number of ether oxygens (including phenoxy) is 1. The molecule has 0 aliphatic rings. The van der Waals surface area contributed by atoms with E-state index in [0.717, 1.165) is 5.56 Å². The van der Waals surface area contributed by atoms with Crippen LogP contribution in [-0.4, -0.2) is 32.2 Å². The van der Waals surface area contributed by atoms with Gasteiger partial charge in [0, 0.05) is 18.0 Å². The van der Waals surface area contributed by atoms with Crippen molar-refractivity contribution in [1.29, 1.82) is 0 Å². The molecule has 0 fully saturated rings. The van der Waals surface area contributed by atoms with Crippen LogP contribution in [0.5, 0.6) is 0 Å². The largest absolute Gasteiger partial charge is 0.449 e. The van der Waals surface area contributed by atoms with Crippen molar-refractivity contribution in [3.8, 4) is 22.5 Å². The van der Waals surface area contributed by atoms with Gasteiger partial charge in [-0.1, -0.05) is 12.1 Å². The second-order valence-electron chi connectivity index (χ2n) is 5.73. The van der Waals surface area contributed by atoms with Crippen LogP contribution < -0.4 is 0 Å². The zero-order valence-electron chi connectivity index (χ0n) is 14.5. The SMILES string of the molecule is CCOC(=O)n1c(-c2ccncn2)c(-c2ccc(F)cc2)c2ncccc21. The Bertz CT molecular complexity index is 1110. The predicted molar refractivity (Wildman–Crippen MR) is 98.6 cm³/mol. The van der Waals surface area contributed by atoms with Gasteiger partial charge in [0.05, 0.1) is 29.0 Å². The van der Waals surface area contributed by atoms with Gasteiger partial charge >= 0.3 is 6.09 Å². The summed E-state index contributed by atoms with van der Waals surface area (Å²) in [5.41, 5.74) is 3.65. The molecular weight excluding hydrogens is 347 g/mol. The number of pyridine rings is 1. The van der Waals surface area contributed by atoms with Gasteiger partial charge in [-0.25, -0.2) is 23.7 Å². The third kappa shape index (κ3) is 2.93. The van der Waals surface area contributed by atoms with E-state index in [2.05, 4.69) is 15.0 Å². The first-order valence-electron chi connectivity index (χ1n) is 8.39. The molecule has 3 heterocycles. The Morgan fingerprint density at radius 3 is 2.63 bits per heavy atom. The molecule has 0 radical (unpaired) electrons. The number of rotatable bonds is 3. The van der Waals surface area contributed by atoms with E-state index in [1.807, 2.05) is 0 Å². The first-order valence-corrected chi connectivity index (χ1v) is 8.39. The van der Waals surface area contributed by atoms with Gasteiger partial charge < -0.3 is 4.74 Å². The van der Waals surface area contributed by atoms with Crippen LogP contribution in [-0.2, 0) is 4.74 Å². The maximum Gasteiger partial charge on any atom is 0.419 e. The fourth-order valence-electron chi connectivity index (χ4n) is 3.06. The summed E-state index contributed by atoms with van der Waals surface area (Å²) in [5.74, 6) is -0.343. The number of nitrogens with zero attached hydrogens (tertiary/aromatic N) is 4. The minimum atomic E-state index is -0.530. The Hall–Kier alpha value is -3.61. The van der Waals surface area contributed by atoms with E-state index in [9.17, 15) is 9.18 Å². The van der Waals surface area contributed by atoms with Crippen LogP contribution in [0, 0.1) is 5.82 Å². The Labute approximate surface area is 154 Å². The lowest BCUT2D eigenvalue weighted by Gasteiger charge is -2.10. The van der Waals surface area contributed by atoms with Gasteiger partial charge in [0.1, 0.15) is 12.1 Å². The minimum absolute atomic E-state index is 0.230. The predicted octanol–water partition coefficient (Wildman–Crippen LogP) is 4.30. The fraction of sp³-hybridized carbons (Fsp3) is 0.100. The molecule has 27 heavy (non-hydrogen) atoms. The fourth-order valence-corrected chi connectivity index (χ4v) is 3.06. The van der Waals surface area contributed by atoms with Gasteiger partial charge in [-0.15, -0.1) is 0 Å². The highest BCUT2D eigenvalue weighted by atomic mass is 19.1. The number of carbonyl (C=O) groups is 1. The summed E-state index contributed by atoms with van der Waals surface area (Å²) in [5, 5.41) is 0. The molecule has 4 rings (SSSR count). The van der Waals surface area contributed by atoms with Crippen molar-refractivity contribution in [3.63, 3.8) is 0 Å². The lowest BCUT2D eigenvalue weighted by Crippen LogP contribution is -2.15. The summed E-state index contributed by atoms with van der Waals surface area (Å²) in [4.78, 5) is 25.5. The average molecular weight is 362 g/mol. The monoisotopic (exact) mass is 362 g/mol. The zero-order valence-corrected chi connectivity index (χ0v) is 14.5. The Morgan fingerprint density at radius 2 is 1.93 bits per heavy atom. The third-order valence-electron chi connectivity index (χ3n) is 4.13. The molecule has 0 aliphatic heterocycles. The van der Waals surface area contributed by atoms with Crippen molar-refractivity contribution in [2.45, 2.75) is 6.92 Å². The number of fused-ring (bicyclic) bond motifs is 1. The molecule has 0 saturated carbocycles. The van der Waals surface area contributed by atoms with Crippen LogP contribution in [0.15, 0.2) is 61.2 Å². The molecule has 0 bridgehead atoms. The van der Waals surface area contributed by atoms with Crippen LogP contribution in [0.1, 0.15) is 6.92 Å². The molecule has 6 nitrogen and oxygen atoms in total. The molecule has 0 atom stereocenters. The molecule has 134 valence electrons. The lowest BCUT2D eigenvalue weighted by atomic mass is 10.0. The molecule has 0 N–H and O–H groups in total. The van der Waals surface area contributed by atoms with Crippen LogP contribution >= 0.6 is 0 Å². The molecule has 1 aromatic carbocycles. The van der Waals surface area contributed by atoms with E-state index in [4.69, 9.17) is 4.74 Å². The molecule has 7 heteroatoms. The minimum Gasteiger partial charge on any atom is -0.449 e. The highest BCUT2D eigenvalue weighted by Crippen LogP contribution is 2.39. The second-order valence-corrected chi connectivity index (χ2v) is 5.73. The van der Waals surface area contributed by atoms with E-state index in [1.54, 1.807) is 49.6 Å².